The molecule has 1 aliphatic heterocycles. The highest BCUT2D eigenvalue weighted by molar-refractivity contribution is 7.90. The van der Waals surface area contributed by atoms with Crippen molar-refractivity contribution < 1.29 is 22.7 Å². The van der Waals surface area contributed by atoms with Crippen molar-refractivity contribution in [1.29, 1.82) is 0 Å². The number of benzene rings is 2. The summed E-state index contributed by atoms with van der Waals surface area (Å²) in [6, 6.07) is 11.4. The van der Waals surface area contributed by atoms with Gasteiger partial charge in [0.2, 0.25) is 0 Å². The highest BCUT2D eigenvalue weighted by Crippen LogP contribution is 2.33. The Kier molecular flexibility index (Phi) is 5.18. The van der Waals surface area contributed by atoms with Gasteiger partial charge in [0.1, 0.15) is 13.2 Å². The number of nitrogens with one attached hydrogen (secondary N) is 1. The van der Waals surface area contributed by atoms with Crippen LogP contribution in [-0.4, -0.2) is 33.8 Å². The molecule has 0 fully saturated rings. The van der Waals surface area contributed by atoms with Crippen LogP contribution in [0.3, 0.4) is 0 Å². The van der Waals surface area contributed by atoms with Gasteiger partial charge in [0, 0.05) is 11.8 Å². The van der Waals surface area contributed by atoms with Crippen LogP contribution < -0.4 is 14.8 Å². The summed E-state index contributed by atoms with van der Waals surface area (Å²) in [5, 5.41) is 2.95. The number of rotatable bonds is 5. The Morgan fingerprint density at radius 2 is 1.85 bits per heavy atom. The van der Waals surface area contributed by atoms with Crippen LogP contribution in [0.25, 0.3) is 0 Å². The van der Waals surface area contributed by atoms with Crippen LogP contribution in [0, 0.1) is 0 Å². The standard InChI is InChI=1S/C19H21NO5S/c1-3-16(13-7-8-17-18(12-13)25-10-9-24-17)20-19(21)14-5-4-6-15(11-14)26(2,22)23/h4-8,11-12,16H,3,9-10H2,1-2H3,(H,20,21)/t16-/m0/s1. The Labute approximate surface area is 153 Å². The zero-order chi connectivity index (χ0) is 18.7. The van der Waals surface area contributed by atoms with Gasteiger partial charge >= 0.3 is 0 Å². The Morgan fingerprint density at radius 1 is 1.12 bits per heavy atom. The smallest absolute Gasteiger partial charge is 0.251 e. The molecule has 138 valence electrons. The number of carbonyl (C=O) groups excluding carboxylic acids is 1. The predicted molar refractivity (Wildman–Crippen MR) is 97.5 cm³/mol. The zero-order valence-corrected chi connectivity index (χ0v) is 15.5. The van der Waals surface area contributed by atoms with Gasteiger partial charge in [-0.3, -0.25) is 4.79 Å². The van der Waals surface area contributed by atoms with Crippen molar-refractivity contribution in [2.24, 2.45) is 0 Å². The quantitative estimate of drug-likeness (QED) is 0.869. The maximum Gasteiger partial charge on any atom is 0.251 e. The maximum absolute atomic E-state index is 12.6. The van der Waals surface area contributed by atoms with Crippen LogP contribution in [0.15, 0.2) is 47.4 Å². The zero-order valence-electron chi connectivity index (χ0n) is 14.7. The molecule has 0 saturated carbocycles. The van der Waals surface area contributed by atoms with Crippen LogP contribution in [0.4, 0.5) is 0 Å². The van der Waals surface area contributed by atoms with Gasteiger partial charge in [0.05, 0.1) is 10.9 Å². The van der Waals surface area contributed by atoms with Crippen molar-refractivity contribution in [2.45, 2.75) is 24.3 Å². The van der Waals surface area contributed by atoms with E-state index in [9.17, 15) is 13.2 Å². The van der Waals surface area contributed by atoms with Crippen molar-refractivity contribution in [1.82, 2.24) is 5.32 Å². The van der Waals surface area contributed by atoms with E-state index in [2.05, 4.69) is 5.32 Å². The van der Waals surface area contributed by atoms with E-state index in [1.54, 1.807) is 12.1 Å². The Hall–Kier alpha value is -2.54. The largest absolute Gasteiger partial charge is 0.486 e. The molecule has 2 aromatic rings. The molecule has 7 heteroatoms. The molecule has 0 aliphatic carbocycles. The number of carbonyl (C=O) groups is 1. The summed E-state index contributed by atoms with van der Waals surface area (Å²) in [6.45, 7) is 2.99. The first-order chi connectivity index (χ1) is 12.4. The average Bonchev–Trinajstić information content (AvgIpc) is 2.65. The van der Waals surface area contributed by atoms with E-state index < -0.39 is 9.84 Å². The molecular weight excluding hydrogens is 354 g/mol. The molecule has 0 spiro atoms. The lowest BCUT2D eigenvalue weighted by Gasteiger charge is -2.22. The predicted octanol–water partition coefficient (Wildman–Crippen LogP) is 2.74. The van der Waals surface area contributed by atoms with E-state index in [-0.39, 0.29) is 16.8 Å². The van der Waals surface area contributed by atoms with Crippen molar-refractivity contribution in [3.8, 4) is 11.5 Å². The van der Waals surface area contributed by atoms with Crippen molar-refractivity contribution >= 4 is 15.7 Å². The highest BCUT2D eigenvalue weighted by atomic mass is 32.2. The molecule has 1 aliphatic rings. The first-order valence-electron chi connectivity index (χ1n) is 8.39. The summed E-state index contributed by atoms with van der Waals surface area (Å²) < 4.78 is 34.5. The summed E-state index contributed by atoms with van der Waals surface area (Å²) in [5.41, 5.74) is 1.22. The van der Waals surface area contributed by atoms with Crippen molar-refractivity contribution in [3.05, 3.63) is 53.6 Å². The van der Waals surface area contributed by atoms with Crippen LogP contribution in [0.1, 0.15) is 35.3 Å². The molecular formula is C19H21NO5S. The molecule has 6 nitrogen and oxygen atoms in total. The van der Waals surface area contributed by atoms with Gasteiger partial charge in [0.25, 0.3) is 5.91 Å². The van der Waals surface area contributed by atoms with Crippen LogP contribution >= 0.6 is 0 Å². The summed E-state index contributed by atoms with van der Waals surface area (Å²) in [6.07, 6.45) is 1.80. The molecule has 1 N–H and O–H groups in total. The minimum Gasteiger partial charge on any atom is -0.486 e. The molecule has 3 rings (SSSR count). The maximum atomic E-state index is 12.6. The molecule has 0 aromatic heterocycles. The third-order valence-electron chi connectivity index (χ3n) is 4.21. The normalized spacial score (nSPS) is 14.5. The Morgan fingerprint density at radius 3 is 2.54 bits per heavy atom. The minimum absolute atomic E-state index is 0.123. The highest BCUT2D eigenvalue weighted by Gasteiger charge is 2.19. The van der Waals surface area contributed by atoms with Gasteiger partial charge in [-0.05, 0) is 42.3 Å². The Bertz CT molecular complexity index is 923. The van der Waals surface area contributed by atoms with Crippen LogP contribution in [0.5, 0.6) is 11.5 Å². The van der Waals surface area contributed by atoms with E-state index in [1.165, 1.54) is 12.1 Å². The Balaban J connectivity index is 1.81. The molecule has 0 saturated heterocycles. The van der Waals surface area contributed by atoms with E-state index >= 15 is 0 Å². The van der Waals surface area contributed by atoms with Crippen LogP contribution in [-0.2, 0) is 9.84 Å². The lowest BCUT2D eigenvalue weighted by molar-refractivity contribution is 0.0935. The van der Waals surface area contributed by atoms with Gasteiger partial charge in [-0.15, -0.1) is 0 Å². The van der Waals surface area contributed by atoms with Gasteiger partial charge in [0.15, 0.2) is 21.3 Å². The van der Waals surface area contributed by atoms with Crippen molar-refractivity contribution in [3.63, 3.8) is 0 Å². The SMILES string of the molecule is CC[C@H](NC(=O)c1cccc(S(C)(=O)=O)c1)c1ccc2c(c1)OCCO2. The third-order valence-corrected chi connectivity index (χ3v) is 5.32. The molecule has 1 amide bonds. The van der Waals surface area contributed by atoms with E-state index in [0.717, 1.165) is 11.8 Å². The van der Waals surface area contributed by atoms with Gasteiger partial charge < -0.3 is 14.8 Å². The summed E-state index contributed by atoms with van der Waals surface area (Å²) in [7, 11) is -3.37. The summed E-state index contributed by atoms with van der Waals surface area (Å²) in [4.78, 5) is 12.7. The second-order valence-corrected chi connectivity index (χ2v) is 8.15. The summed E-state index contributed by atoms with van der Waals surface area (Å²) >= 11 is 0. The average molecular weight is 375 g/mol. The topological polar surface area (TPSA) is 81.7 Å². The second-order valence-electron chi connectivity index (χ2n) is 6.14. The fraction of sp³-hybridized carbons (Fsp3) is 0.316. The lowest BCUT2D eigenvalue weighted by atomic mass is 10.0. The molecule has 2 aromatic carbocycles. The third kappa shape index (κ3) is 3.99. The van der Waals surface area contributed by atoms with Gasteiger partial charge in [-0.1, -0.05) is 19.1 Å². The number of sulfone groups is 1. The number of ether oxygens (including phenoxy) is 2. The molecule has 26 heavy (non-hydrogen) atoms. The van der Waals surface area contributed by atoms with E-state index in [1.807, 2.05) is 25.1 Å². The van der Waals surface area contributed by atoms with E-state index in [4.69, 9.17) is 9.47 Å². The van der Waals surface area contributed by atoms with Gasteiger partial charge in [-0.2, -0.15) is 0 Å². The fourth-order valence-electron chi connectivity index (χ4n) is 2.81. The monoisotopic (exact) mass is 375 g/mol. The first-order valence-corrected chi connectivity index (χ1v) is 10.3. The first kappa shape index (κ1) is 18.3. The van der Waals surface area contributed by atoms with Gasteiger partial charge in [-0.25, -0.2) is 8.42 Å². The second kappa shape index (κ2) is 7.37. The molecule has 0 unspecified atom stereocenters. The molecule has 1 heterocycles. The van der Waals surface area contributed by atoms with Crippen LogP contribution in [0.2, 0.25) is 0 Å². The number of hydrogen-bond acceptors (Lipinski definition) is 5. The fourth-order valence-corrected chi connectivity index (χ4v) is 3.47. The number of fused-ring (bicyclic) bond motifs is 1. The van der Waals surface area contributed by atoms with E-state index in [0.29, 0.717) is 36.7 Å². The molecule has 0 radical (unpaired) electrons. The molecule has 0 bridgehead atoms. The van der Waals surface area contributed by atoms with Crippen molar-refractivity contribution in [2.75, 3.05) is 19.5 Å². The number of hydrogen-bond donors (Lipinski definition) is 1. The molecule has 1 atom stereocenters. The minimum atomic E-state index is -3.37. The lowest BCUT2D eigenvalue weighted by Crippen LogP contribution is -2.28. The number of amides is 1. The summed E-state index contributed by atoms with van der Waals surface area (Å²) in [5.74, 6) is 1.04.